The molecule has 0 amide bonds. The molecule has 0 fully saturated rings. The summed E-state index contributed by atoms with van der Waals surface area (Å²) in [6.45, 7) is 11.3. The molecule has 116 valence electrons. The highest BCUT2D eigenvalue weighted by Gasteiger charge is 2.10. The van der Waals surface area contributed by atoms with Crippen LogP contribution in [0.2, 0.25) is 0 Å². The maximum atomic E-state index is 4.44. The molecule has 0 saturated carbocycles. The molecular formula is C15H26N6. The van der Waals surface area contributed by atoms with E-state index in [1.54, 1.807) is 6.33 Å². The molecule has 6 heteroatoms. The van der Waals surface area contributed by atoms with E-state index >= 15 is 0 Å². The zero-order valence-electron chi connectivity index (χ0n) is 13.5. The third-order valence-electron chi connectivity index (χ3n) is 3.39. The standard InChI is InChI=1S/C15H26N6/c1-5-6-16-13(4)14-7-18-20(9-14)10-15-17-11-19-21(15)8-12(2)3/h7,9,11-13,16H,5-6,8,10H2,1-4H3. The molecule has 1 atom stereocenters. The minimum atomic E-state index is 0.326. The first-order valence-corrected chi connectivity index (χ1v) is 7.72. The first kappa shape index (κ1) is 15.7. The van der Waals surface area contributed by atoms with Crippen molar-refractivity contribution in [2.24, 2.45) is 5.92 Å². The zero-order valence-corrected chi connectivity index (χ0v) is 13.5. The van der Waals surface area contributed by atoms with Gasteiger partial charge in [0, 0.05) is 24.3 Å². The highest BCUT2D eigenvalue weighted by Crippen LogP contribution is 2.11. The summed E-state index contributed by atoms with van der Waals surface area (Å²) >= 11 is 0. The summed E-state index contributed by atoms with van der Waals surface area (Å²) in [6, 6.07) is 0.326. The zero-order chi connectivity index (χ0) is 15.2. The van der Waals surface area contributed by atoms with Crippen LogP contribution in [0.3, 0.4) is 0 Å². The average molecular weight is 290 g/mol. The first-order valence-electron chi connectivity index (χ1n) is 7.72. The molecular weight excluding hydrogens is 264 g/mol. The molecule has 0 bridgehead atoms. The molecule has 2 heterocycles. The third kappa shape index (κ3) is 4.39. The maximum absolute atomic E-state index is 4.44. The van der Waals surface area contributed by atoms with Crippen molar-refractivity contribution >= 4 is 0 Å². The summed E-state index contributed by atoms with van der Waals surface area (Å²) in [5, 5.41) is 12.2. The van der Waals surface area contributed by atoms with Gasteiger partial charge in [-0.25, -0.2) is 9.67 Å². The van der Waals surface area contributed by atoms with E-state index in [1.165, 1.54) is 5.56 Å². The quantitative estimate of drug-likeness (QED) is 0.810. The van der Waals surface area contributed by atoms with Crippen molar-refractivity contribution in [2.75, 3.05) is 6.54 Å². The van der Waals surface area contributed by atoms with Gasteiger partial charge in [-0.3, -0.25) is 4.68 Å². The van der Waals surface area contributed by atoms with Crippen LogP contribution in [-0.4, -0.2) is 31.1 Å². The average Bonchev–Trinajstić information content (AvgIpc) is 3.06. The highest BCUT2D eigenvalue weighted by molar-refractivity contribution is 5.09. The first-order chi connectivity index (χ1) is 10.1. The summed E-state index contributed by atoms with van der Waals surface area (Å²) in [4.78, 5) is 4.34. The summed E-state index contributed by atoms with van der Waals surface area (Å²) in [7, 11) is 0. The minimum absolute atomic E-state index is 0.326. The number of aromatic nitrogens is 5. The topological polar surface area (TPSA) is 60.6 Å². The van der Waals surface area contributed by atoms with Gasteiger partial charge in [0.05, 0.1) is 6.20 Å². The van der Waals surface area contributed by atoms with Crippen LogP contribution >= 0.6 is 0 Å². The van der Waals surface area contributed by atoms with Gasteiger partial charge in [-0.1, -0.05) is 20.8 Å². The van der Waals surface area contributed by atoms with Crippen LogP contribution in [0.25, 0.3) is 0 Å². The van der Waals surface area contributed by atoms with Crippen molar-refractivity contribution in [3.63, 3.8) is 0 Å². The van der Waals surface area contributed by atoms with E-state index in [9.17, 15) is 0 Å². The fourth-order valence-corrected chi connectivity index (χ4v) is 2.22. The maximum Gasteiger partial charge on any atom is 0.148 e. The van der Waals surface area contributed by atoms with Crippen LogP contribution in [0, 0.1) is 5.92 Å². The Morgan fingerprint density at radius 3 is 2.76 bits per heavy atom. The Balaban J connectivity index is 2.01. The van der Waals surface area contributed by atoms with Crippen LogP contribution < -0.4 is 5.32 Å². The molecule has 0 aliphatic rings. The predicted octanol–water partition coefficient (Wildman–Crippen LogP) is 2.24. The van der Waals surface area contributed by atoms with Crippen molar-refractivity contribution in [3.8, 4) is 0 Å². The number of rotatable bonds is 8. The van der Waals surface area contributed by atoms with E-state index in [2.05, 4.69) is 54.4 Å². The normalized spacial score (nSPS) is 13.0. The lowest BCUT2D eigenvalue weighted by molar-refractivity contribution is 0.456. The summed E-state index contributed by atoms with van der Waals surface area (Å²) < 4.78 is 3.89. The largest absolute Gasteiger partial charge is 0.310 e. The number of hydrogen-bond donors (Lipinski definition) is 1. The van der Waals surface area contributed by atoms with Gasteiger partial charge in [0.15, 0.2) is 0 Å². The Labute approximate surface area is 126 Å². The molecule has 0 radical (unpaired) electrons. The van der Waals surface area contributed by atoms with Gasteiger partial charge in [0.2, 0.25) is 0 Å². The number of nitrogens with one attached hydrogen (secondary N) is 1. The van der Waals surface area contributed by atoms with Gasteiger partial charge in [-0.15, -0.1) is 0 Å². The van der Waals surface area contributed by atoms with Gasteiger partial charge in [0.1, 0.15) is 18.7 Å². The van der Waals surface area contributed by atoms with Gasteiger partial charge >= 0.3 is 0 Å². The monoisotopic (exact) mass is 290 g/mol. The molecule has 1 N–H and O–H groups in total. The van der Waals surface area contributed by atoms with E-state index < -0.39 is 0 Å². The Bertz CT molecular complexity index is 542. The Kier molecular flexibility index (Phi) is 5.50. The SMILES string of the molecule is CCCNC(C)c1cnn(Cc2ncnn2CC(C)C)c1. The molecule has 0 saturated heterocycles. The second kappa shape index (κ2) is 7.36. The highest BCUT2D eigenvalue weighted by atomic mass is 15.4. The molecule has 6 nitrogen and oxygen atoms in total. The summed E-state index contributed by atoms with van der Waals surface area (Å²) in [6.07, 6.45) is 6.77. The molecule has 0 aromatic carbocycles. The number of hydrogen-bond acceptors (Lipinski definition) is 4. The molecule has 2 aromatic rings. The summed E-state index contributed by atoms with van der Waals surface area (Å²) in [5.74, 6) is 1.50. The van der Waals surface area contributed by atoms with Gasteiger partial charge in [-0.2, -0.15) is 10.2 Å². The molecule has 21 heavy (non-hydrogen) atoms. The molecule has 1 unspecified atom stereocenters. The predicted molar refractivity (Wildman–Crippen MR) is 82.9 cm³/mol. The molecule has 0 aliphatic carbocycles. The Morgan fingerprint density at radius 1 is 1.24 bits per heavy atom. The number of nitrogens with zero attached hydrogens (tertiary/aromatic N) is 5. The third-order valence-corrected chi connectivity index (χ3v) is 3.39. The second-order valence-corrected chi connectivity index (χ2v) is 5.90. The lowest BCUT2D eigenvalue weighted by atomic mass is 10.2. The fourth-order valence-electron chi connectivity index (χ4n) is 2.22. The van der Waals surface area contributed by atoms with Crippen molar-refractivity contribution in [1.82, 2.24) is 29.9 Å². The lowest BCUT2D eigenvalue weighted by Gasteiger charge is -2.10. The Morgan fingerprint density at radius 2 is 2.05 bits per heavy atom. The molecule has 0 spiro atoms. The van der Waals surface area contributed by atoms with Crippen LogP contribution in [0.5, 0.6) is 0 Å². The van der Waals surface area contributed by atoms with Crippen molar-refractivity contribution in [1.29, 1.82) is 0 Å². The van der Waals surface area contributed by atoms with Crippen LogP contribution in [0.4, 0.5) is 0 Å². The van der Waals surface area contributed by atoms with E-state index in [1.807, 2.05) is 15.6 Å². The molecule has 2 rings (SSSR count). The van der Waals surface area contributed by atoms with Crippen LogP contribution in [0.15, 0.2) is 18.7 Å². The minimum Gasteiger partial charge on any atom is -0.310 e. The lowest BCUT2D eigenvalue weighted by Crippen LogP contribution is -2.18. The van der Waals surface area contributed by atoms with Crippen molar-refractivity contribution < 1.29 is 0 Å². The smallest absolute Gasteiger partial charge is 0.148 e. The van der Waals surface area contributed by atoms with Gasteiger partial charge < -0.3 is 5.32 Å². The van der Waals surface area contributed by atoms with Crippen molar-refractivity contribution in [2.45, 2.75) is 53.2 Å². The van der Waals surface area contributed by atoms with E-state index in [4.69, 9.17) is 0 Å². The molecule has 0 aliphatic heterocycles. The van der Waals surface area contributed by atoms with Crippen molar-refractivity contribution in [3.05, 3.63) is 30.1 Å². The second-order valence-electron chi connectivity index (χ2n) is 5.90. The van der Waals surface area contributed by atoms with E-state index in [-0.39, 0.29) is 0 Å². The van der Waals surface area contributed by atoms with Gasteiger partial charge in [-0.05, 0) is 25.8 Å². The van der Waals surface area contributed by atoms with Crippen LogP contribution in [-0.2, 0) is 13.1 Å². The summed E-state index contributed by atoms with van der Waals surface area (Å²) in [5.41, 5.74) is 1.21. The Hall–Kier alpha value is -1.69. The van der Waals surface area contributed by atoms with Crippen LogP contribution in [0.1, 0.15) is 51.5 Å². The fraction of sp³-hybridized carbons (Fsp3) is 0.667. The van der Waals surface area contributed by atoms with E-state index in [0.717, 1.165) is 25.3 Å². The van der Waals surface area contributed by atoms with E-state index in [0.29, 0.717) is 18.5 Å². The molecule has 2 aromatic heterocycles. The van der Waals surface area contributed by atoms with Gasteiger partial charge in [0.25, 0.3) is 0 Å².